The lowest BCUT2D eigenvalue weighted by Crippen LogP contribution is -1.92. The van der Waals surface area contributed by atoms with Gasteiger partial charge in [-0.2, -0.15) is 0 Å². The molecule has 1 nitrogen and oxygen atoms in total. The maximum absolute atomic E-state index is 10.7. The number of halogens is 1. The molecule has 0 heterocycles. The fourth-order valence-corrected chi connectivity index (χ4v) is 2.91. The van der Waals surface area contributed by atoms with Gasteiger partial charge in [0.15, 0.2) is 0 Å². The third-order valence-electron chi connectivity index (χ3n) is 3.17. The highest BCUT2D eigenvalue weighted by molar-refractivity contribution is 6.31. The van der Waals surface area contributed by atoms with Gasteiger partial charge in [-0.15, -0.1) is 0 Å². The standard InChI is InChI=1S/C10H13ClO/c1-2-3-6-7-4-9(11)8(5-12)10(6)7/h5-7,10H,2-4H2,1H3/t6?,7-,10?/m1/s1. The van der Waals surface area contributed by atoms with Gasteiger partial charge in [0, 0.05) is 10.6 Å². The van der Waals surface area contributed by atoms with Crippen molar-refractivity contribution in [2.45, 2.75) is 26.2 Å². The largest absolute Gasteiger partial charge is 0.298 e. The number of fused-ring (bicyclic) bond motifs is 1. The van der Waals surface area contributed by atoms with Crippen LogP contribution in [-0.2, 0) is 4.79 Å². The number of allylic oxidation sites excluding steroid dienone is 2. The number of rotatable bonds is 3. The zero-order valence-electron chi connectivity index (χ0n) is 7.22. The molecule has 2 heteroatoms. The highest BCUT2D eigenvalue weighted by Gasteiger charge is 2.55. The highest BCUT2D eigenvalue weighted by atomic mass is 35.5. The summed E-state index contributed by atoms with van der Waals surface area (Å²) in [5.74, 6) is 2.03. The van der Waals surface area contributed by atoms with E-state index < -0.39 is 0 Å². The van der Waals surface area contributed by atoms with Crippen molar-refractivity contribution in [3.8, 4) is 0 Å². The molecule has 0 N–H and O–H groups in total. The molecule has 0 aromatic heterocycles. The van der Waals surface area contributed by atoms with Crippen LogP contribution in [0.4, 0.5) is 0 Å². The molecule has 0 bridgehead atoms. The molecule has 0 aliphatic heterocycles. The smallest absolute Gasteiger partial charge is 0.147 e. The van der Waals surface area contributed by atoms with Crippen molar-refractivity contribution in [3.63, 3.8) is 0 Å². The summed E-state index contributed by atoms with van der Waals surface area (Å²) in [7, 11) is 0. The van der Waals surface area contributed by atoms with Crippen LogP contribution in [0.5, 0.6) is 0 Å². The number of hydrogen-bond donors (Lipinski definition) is 0. The Morgan fingerprint density at radius 2 is 2.42 bits per heavy atom. The number of carbonyl (C=O) groups excluding carboxylic acids is 1. The monoisotopic (exact) mass is 184 g/mol. The second-order valence-electron chi connectivity index (χ2n) is 3.82. The molecule has 0 aromatic carbocycles. The molecule has 1 saturated carbocycles. The molecule has 0 saturated heterocycles. The number of hydrogen-bond acceptors (Lipinski definition) is 1. The van der Waals surface area contributed by atoms with Crippen molar-refractivity contribution in [1.82, 2.24) is 0 Å². The summed E-state index contributed by atoms with van der Waals surface area (Å²) in [6.45, 7) is 2.19. The van der Waals surface area contributed by atoms with E-state index in [-0.39, 0.29) is 0 Å². The molecular weight excluding hydrogens is 172 g/mol. The molecule has 66 valence electrons. The van der Waals surface area contributed by atoms with Gasteiger partial charge in [-0.1, -0.05) is 24.9 Å². The van der Waals surface area contributed by atoms with E-state index in [1.165, 1.54) is 12.8 Å². The molecule has 2 unspecified atom stereocenters. The average Bonchev–Trinajstić information content (AvgIpc) is 2.61. The summed E-state index contributed by atoms with van der Waals surface area (Å²) in [5, 5.41) is 0.826. The van der Waals surface area contributed by atoms with E-state index in [4.69, 9.17) is 11.6 Å². The summed E-state index contributed by atoms with van der Waals surface area (Å²) < 4.78 is 0. The van der Waals surface area contributed by atoms with Crippen LogP contribution in [0.2, 0.25) is 0 Å². The fraction of sp³-hybridized carbons (Fsp3) is 0.700. The van der Waals surface area contributed by atoms with Crippen molar-refractivity contribution in [1.29, 1.82) is 0 Å². The maximum atomic E-state index is 10.7. The van der Waals surface area contributed by atoms with E-state index >= 15 is 0 Å². The fourth-order valence-electron chi connectivity index (χ4n) is 2.56. The molecule has 0 amide bonds. The maximum Gasteiger partial charge on any atom is 0.147 e. The topological polar surface area (TPSA) is 17.1 Å². The predicted octanol–water partition coefficient (Wildman–Crippen LogP) is 2.74. The molecule has 0 radical (unpaired) electrons. The molecule has 1 fully saturated rings. The van der Waals surface area contributed by atoms with Gasteiger partial charge in [-0.3, -0.25) is 4.79 Å². The minimum absolute atomic E-state index is 0.537. The first-order valence-electron chi connectivity index (χ1n) is 4.63. The van der Waals surface area contributed by atoms with Gasteiger partial charge >= 0.3 is 0 Å². The van der Waals surface area contributed by atoms with E-state index in [0.29, 0.717) is 5.92 Å². The third-order valence-corrected chi connectivity index (χ3v) is 3.54. The van der Waals surface area contributed by atoms with E-state index in [2.05, 4.69) is 6.92 Å². The van der Waals surface area contributed by atoms with Gasteiger partial charge in [0.25, 0.3) is 0 Å². The van der Waals surface area contributed by atoms with Gasteiger partial charge in [0.2, 0.25) is 0 Å². The van der Waals surface area contributed by atoms with Gasteiger partial charge in [-0.05, 0) is 30.6 Å². The molecule has 0 spiro atoms. The normalized spacial score (nSPS) is 38.3. The summed E-state index contributed by atoms with van der Waals surface area (Å²) in [4.78, 5) is 10.7. The Balaban J connectivity index is 2.06. The van der Waals surface area contributed by atoms with E-state index in [1.807, 2.05) is 0 Å². The lowest BCUT2D eigenvalue weighted by molar-refractivity contribution is -0.105. The minimum atomic E-state index is 0.537. The molecular formula is C10H13ClO. The second-order valence-corrected chi connectivity index (χ2v) is 4.28. The Labute approximate surface area is 77.8 Å². The molecule has 2 rings (SSSR count). The van der Waals surface area contributed by atoms with Crippen LogP contribution in [0.25, 0.3) is 0 Å². The first kappa shape index (κ1) is 8.31. The average molecular weight is 185 g/mol. The Morgan fingerprint density at radius 1 is 1.67 bits per heavy atom. The quantitative estimate of drug-likeness (QED) is 0.617. The second kappa shape index (κ2) is 2.88. The van der Waals surface area contributed by atoms with Crippen LogP contribution in [0, 0.1) is 17.8 Å². The lowest BCUT2D eigenvalue weighted by Gasteiger charge is -2.01. The van der Waals surface area contributed by atoms with E-state index in [1.54, 1.807) is 0 Å². The van der Waals surface area contributed by atoms with Gasteiger partial charge < -0.3 is 0 Å². The van der Waals surface area contributed by atoms with Crippen molar-refractivity contribution in [3.05, 3.63) is 10.6 Å². The van der Waals surface area contributed by atoms with Gasteiger partial charge in [0.05, 0.1) is 0 Å². The first-order chi connectivity index (χ1) is 5.79. The summed E-state index contributed by atoms with van der Waals surface area (Å²) >= 11 is 5.92. The van der Waals surface area contributed by atoms with Crippen molar-refractivity contribution in [2.75, 3.05) is 0 Å². The Morgan fingerprint density at radius 3 is 3.00 bits per heavy atom. The van der Waals surface area contributed by atoms with Crippen LogP contribution in [0.3, 0.4) is 0 Å². The molecule has 3 atom stereocenters. The molecule has 2 aliphatic carbocycles. The van der Waals surface area contributed by atoms with E-state index in [9.17, 15) is 4.79 Å². The zero-order chi connectivity index (χ0) is 8.72. The highest BCUT2D eigenvalue weighted by Crippen LogP contribution is 2.61. The van der Waals surface area contributed by atoms with Gasteiger partial charge in [-0.25, -0.2) is 0 Å². The molecule has 0 aromatic rings. The first-order valence-corrected chi connectivity index (χ1v) is 5.01. The predicted molar refractivity (Wildman–Crippen MR) is 48.9 cm³/mol. The van der Waals surface area contributed by atoms with E-state index in [0.717, 1.165) is 35.1 Å². The Bertz CT molecular complexity index is 244. The van der Waals surface area contributed by atoms with Crippen LogP contribution < -0.4 is 0 Å². The van der Waals surface area contributed by atoms with Crippen LogP contribution in [0.1, 0.15) is 26.2 Å². The van der Waals surface area contributed by atoms with Crippen LogP contribution in [-0.4, -0.2) is 6.29 Å². The minimum Gasteiger partial charge on any atom is -0.298 e. The zero-order valence-corrected chi connectivity index (χ0v) is 7.97. The molecule has 12 heavy (non-hydrogen) atoms. The Kier molecular flexibility index (Phi) is 1.99. The molecule has 2 aliphatic rings. The van der Waals surface area contributed by atoms with Crippen LogP contribution in [0.15, 0.2) is 10.6 Å². The van der Waals surface area contributed by atoms with Crippen molar-refractivity contribution < 1.29 is 4.79 Å². The number of aldehydes is 1. The lowest BCUT2D eigenvalue weighted by atomic mass is 10.1. The SMILES string of the molecule is CCCC1C2C(C=O)=C(Cl)C[C@H]12. The van der Waals surface area contributed by atoms with Crippen molar-refractivity contribution >= 4 is 17.9 Å². The summed E-state index contributed by atoms with van der Waals surface area (Å²) in [5.41, 5.74) is 0.903. The Hall–Kier alpha value is -0.300. The summed E-state index contributed by atoms with van der Waals surface area (Å²) in [6, 6.07) is 0. The summed E-state index contributed by atoms with van der Waals surface area (Å²) in [6.07, 6.45) is 4.41. The van der Waals surface area contributed by atoms with Crippen molar-refractivity contribution in [2.24, 2.45) is 17.8 Å². The third kappa shape index (κ3) is 1.03. The van der Waals surface area contributed by atoms with Gasteiger partial charge in [0.1, 0.15) is 6.29 Å². The van der Waals surface area contributed by atoms with Crippen LogP contribution >= 0.6 is 11.6 Å². The number of carbonyl (C=O) groups is 1.